The SMILES string of the molecule is COc1ccc(-n2nc(C(=O)NCc3ccc(C)cc3)c(=O)cc2OC)cc1. The lowest BCUT2D eigenvalue weighted by atomic mass is 10.1. The lowest BCUT2D eigenvalue weighted by Gasteiger charge is -2.13. The molecule has 1 N–H and O–H groups in total. The van der Waals surface area contributed by atoms with E-state index in [1.54, 1.807) is 31.4 Å². The fraction of sp³-hybridized carbons (Fsp3) is 0.190. The molecule has 0 saturated heterocycles. The van der Waals surface area contributed by atoms with Crippen molar-refractivity contribution in [1.29, 1.82) is 0 Å². The third-order valence-electron chi connectivity index (χ3n) is 4.21. The van der Waals surface area contributed by atoms with Crippen molar-refractivity contribution in [3.8, 4) is 17.3 Å². The zero-order valence-electron chi connectivity index (χ0n) is 15.9. The molecule has 2 aromatic carbocycles. The zero-order chi connectivity index (χ0) is 20.1. The number of nitrogens with one attached hydrogen (secondary N) is 1. The van der Waals surface area contributed by atoms with Crippen LogP contribution in [0.15, 0.2) is 59.4 Å². The first-order chi connectivity index (χ1) is 13.5. The van der Waals surface area contributed by atoms with Crippen LogP contribution in [0.1, 0.15) is 21.6 Å². The van der Waals surface area contributed by atoms with E-state index in [0.29, 0.717) is 18.0 Å². The van der Waals surface area contributed by atoms with Gasteiger partial charge in [0.05, 0.1) is 26.0 Å². The predicted octanol–water partition coefficient (Wildman–Crippen LogP) is 2.49. The molecule has 144 valence electrons. The first-order valence-electron chi connectivity index (χ1n) is 8.68. The number of amides is 1. The second-order valence-corrected chi connectivity index (χ2v) is 6.18. The summed E-state index contributed by atoms with van der Waals surface area (Å²) in [5, 5.41) is 6.96. The van der Waals surface area contributed by atoms with Gasteiger partial charge in [0.25, 0.3) is 5.91 Å². The second kappa shape index (κ2) is 8.39. The molecule has 1 amide bonds. The summed E-state index contributed by atoms with van der Waals surface area (Å²) in [4.78, 5) is 24.9. The van der Waals surface area contributed by atoms with Gasteiger partial charge in [-0.05, 0) is 36.8 Å². The van der Waals surface area contributed by atoms with Crippen LogP contribution in [0.5, 0.6) is 11.6 Å². The maximum atomic E-state index is 12.5. The van der Waals surface area contributed by atoms with Gasteiger partial charge in [-0.3, -0.25) is 9.59 Å². The number of hydrogen-bond acceptors (Lipinski definition) is 5. The van der Waals surface area contributed by atoms with E-state index < -0.39 is 11.3 Å². The Bertz CT molecular complexity index is 1030. The molecule has 0 atom stereocenters. The van der Waals surface area contributed by atoms with Crippen molar-refractivity contribution in [2.45, 2.75) is 13.5 Å². The minimum absolute atomic E-state index is 0.205. The Balaban J connectivity index is 1.88. The Morgan fingerprint density at radius 3 is 2.32 bits per heavy atom. The molecule has 7 nitrogen and oxygen atoms in total. The summed E-state index contributed by atoms with van der Waals surface area (Å²) in [6.07, 6.45) is 0. The predicted molar refractivity (Wildman–Crippen MR) is 105 cm³/mol. The molecule has 0 saturated carbocycles. The number of aryl methyl sites for hydroxylation is 1. The van der Waals surface area contributed by atoms with Crippen LogP contribution in [0, 0.1) is 6.92 Å². The van der Waals surface area contributed by atoms with Crippen molar-refractivity contribution in [1.82, 2.24) is 15.1 Å². The number of hydrogen-bond donors (Lipinski definition) is 1. The lowest BCUT2D eigenvalue weighted by molar-refractivity contribution is 0.0942. The van der Waals surface area contributed by atoms with Crippen LogP contribution < -0.4 is 20.2 Å². The highest BCUT2D eigenvalue weighted by molar-refractivity contribution is 5.92. The quantitative estimate of drug-likeness (QED) is 0.712. The Hall–Kier alpha value is -3.61. The van der Waals surface area contributed by atoms with Crippen molar-refractivity contribution in [3.63, 3.8) is 0 Å². The summed E-state index contributed by atoms with van der Waals surface area (Å²) in [7, 11) is 3.01. The fourth-order valence-corrected chi connectivity index (χ4v) is 2.62. The molecule has 0 unspecified atom stereocenters. The number of benzene rings is 2. The molecule has 0 aliphatic rings. The molecule has 1 heterocycles. The number of ether oxygens (including phenoxy) is 2. The molecule has 0 radical (unpaired) electrons. The van der Waals surface area contributed by atoms with Crippen LogP contribution in [0.2, 0.25) is 0 Å². The van der Waals surface area contributed by atoms with E-state index in [1.807, 2.05) is 31.2 Å². The second-order valence-electron chi connectivity index (χ2n) is 6.18. The third kappa shape index (κ3) is 4.20. The van der Waals surface area contributed by atoms with Crippen LogP contribution >= 0.6 is 0 Å². The highest BCUT2D eigenvalue weighted by atomic mass is 16.5. The summed E-state index contributed by atoms with van der Waals surface area (Å²) in [5.41, 5.74) is 1.98. The Kier molecular flexibility index (Phi) is 5.74. The lowest BCUT2D eigenvalue weighted by Crippen LogP contribution is -2.31. The molecule has 7 heteroatoms. The largest absolute Gasteiger partial charge is 0.497 e. The van der Waals surface area contributed by atoms with Gasteiger partial charge in [-0.25, -0.2) is 4.68 Å². The highest BCUT2D eigenvalue weighted by Crippen LogP contribution is 2.18. The van der Waals surface area contributed by atoms with E-state index in [-0.39, 0.29) is 11.6 Å². The van der Waals surface area contributed by atoms with Crippen LogP contribution in [0.3, 0.4) is 0 Å². The summed E-state index contributed by atoms with van der Waals surface area (Å²) in [6.45, 7) is 2.29. The van der Waals surface area contributed by atoms with Crippen molar-refractivity contribution in [2.24, 2.45) is 0 Å². The molecular weight excluding hydrogens is 358 g/mol. The summed E-state index contributed by atoms with van der Waals surface area (Å²) in [6, 6.07) is 16.0. The van der Waals surface area contributed by atoms with E-state index >= 15 is 0 Å². The molecule has 1 aromatic heterocycles. The van der Waals surface area contributed by atoms with E-state index in [2.05, 4.69) is 10.4 Å². The molecule has 0 bridgehead atoms. The summed E-state index contributed by atoms with van der Waals surface area (Å²) < 4.78 is 11.8. The average molecular weight is 379 g/mol. The maximum Gasteiger partial charge on any atom is 0.276 e. The number of carbonyl (C=O) groups excluding carboxylic acids is 1. The smallest absolute Gasteiger partial charge is 0.276 e. The first kappa shape index (κ1) is 19.2. The zero-order valence-corrected chi connectivity index (χ0v) is 15.9. The van der Waals surface area contributed by atoms with Gasteiger partial charge in [-0.15, -0.1) is 0 Å². The van der Waals surface area contributed by atoms with E-state index in [1.165, 1.54) is 17.9 Å². The number of carbonyl (C=O) groups is 1. The minimum atomic E-state index is -0.546. The number of nitrogens with zero attached hydrogens (tertiary/aromatic N) is 2. The van der Waals surface area contributed by atoms with Gasteiger partial charge in [-0.2, -0.15) is 5.10 Å². The van der Waals surface area contributed by atoms with Crippen molar-refractivity contribution < 1.29 is 14.3 Å². The Morgan fingerprint density at radius 1 is 1.04 bits per heavy atom. The molecule has 0 fully saturated rings. The van der Waals surface area contributed by atoms with E-state index in [9.17, 15) is 9.59 Å². The van der Waals surface area contributed by atoms with Gasteiger partial charge < -0.3 is 14.8 Å². The molecule has 0 spiro atoms. The normalized spacial score (nSPS) is 10.4. The molecule has 0 aliphatic carbocycles. The van der Waals surface area contributed by atoms with Gasteiger partial charge in [0.15, 0.2) is 5.69 Å². The highest BCUT2D eigenvalue weighted by Gasteiger charge is 2.17. The van der Waals surface area contributed by atoms with Gasteiger partial charge in [-0.1, -0.05) is 29.8 Å². The molecule has 3 aromatic rings. The Morgan fingerprint density at radius 2 is 1.71 bits per heavy atom. The number of methoxy groups -OCH3 is 2. The fourth-order valence-electron chi connectivity index (χ4n) is 2.62. The van der Waals surface area contributed by atoms with Crippen molar-refractivity contribution in [3.05, 3.63) is 81.6 Å². The molecule has 28 heavy (non-hydrogen) atoms. The third-order valence-corrected chi connectivity index (χ3v) is 4.21. The standard InChI is InChI=1S/C21H21N3O4/c1-14-4-6-15(7-5-14)13-22-21(26)20-18(25)12-19(28-3)24(23-20)16-8-10-17(27-2)11-9-16/h4-12H,13H2,1-3H3,(H,22,26). The van der Waals surface area contributed by atoms with Crippen LogP contribution in [0.4, 0.5) is 0 Å². The maximum absolute atomic E-state index is 12.5. The minimum Gasteiger partial charge on any atom is -0.497 e. The number of rotatable bonds is 6. The average Bonchev–Trinajstić information content (AvgIpc) is 2.73. The van der Waals surface area contributed by atoms with E-state index in [4.69, 9.17) is 9.47 Å². The first-order valence-corrected chi connectivity index (χ1v) is 8.68. The molecule has 3 rings (SSSR count). The van der Waals surface area contributed by atoms with Gasteiger partial charge in [0.2, 0.25) is 11.3 Å². The molecule has 0 aliphatic heterocycles. The van der Waals surface area contributed by atoms with Crippen LogP contribution in [0.25, 0.3) is 5.69 Å². The van der Waals surface area contributed by atoms with Crippen LogP contribution in [-0.2, 0) is 6.54 Å². The monoisotopic (exact) mass is 379 g/mol. The Labute approximate surface area is 162 Å². The van der Waals surface area contributed by atoms with Gasteiger partial charge in [0, 0.05) is 6.54 Å². The summed E-state index contributed by atoms with van der Waals surface area (Å²) >= 11 is 0. The van der Waals surface area contributed by atoms with Gasteiger partial charge in [0.1, 0.15) is 5.75 Å². The van der Waals surface area contributed by atoms with Crippen LogP contribution in [-0.4, -0.2) is 29.9 Å². The van der Waals surface area contributed by atoms with Crippen molar-refractivity contribution in [2.75, 3.05) is 14.2 Å². The summed E-state index contributed by atoms with van der Waals surface area (Å²) in [5.74, 6) is 0.362. The van der Waals surface area contributed by atoms with Crippen molar-refractivity contribution >= 4 is 5.91 Å². The van der Waals surface area contributed by atoms with Gasteiger partial charge >= 0.3 is 0 Å². The molecular formula is C21H21N3O4. The van der Waals surface area contributed by atoms with E-state index in [0.717, 1.165) is 11.1 Å². The topological polar surface area (TPSA) is 82.5 Å². The number of aromatic nitrogens is 2.